The lowest BCUT2D eigenvalue weighted by Gasteiger charge is -2.51. The van der Waals surface area contributed by atoms with E-state index in [4.69, 9.17) is 5.73 Å². The van der Waals surface area contributed by atoms with Gasteiger partial charge in [-0.1, -0.05) is 42.2 Å². The molecule has 2 amide bonds. The number of fused-ring (bicyclic) bond motifs is 1. The molecule has 2 N–H and O–H groups in total. The molecular formula is C23H25N3O. The fourth-order valence-corrected chi connectivity index (χ4v) is 4.07. The molecule has 0 spiro atoms. The van der Waals surface area contributed by atoms with Crippen molar-refractivity contribution in [1.82, 2.24) is 9.80 Å². The fourth-order valence-electron chi connectivity index (χ4n) is 4.07. The lowest BCUT2D eigenvalue weighted by atomic mass is 9.81. The van der Waals surface area contributed by atoms with Gasteiger partial charge in [0.15, 0.2) is 0 Å². The smallest absolute Gasteiger partial charge is 0.314 e. The van der Waals surface area contributed by atoms with E-state index in [-0.39, 0.29) is 6.03 Å². The molecule has 2 aliphatic heterocycles. The minimum absolute atomic E-state index is 0.297. The molecule has 0 aromatic heterocycles. The molecule has 4 heteroatoms. The maximum absolute atomic E-state index is 11.7. The minimum Gasteiger partial charge on any atom is -0.351 e. The van der Waals surface area contributed by atoms with Crippen LogP contribution in [-0.2, 0) is 0 Å². The summed E-state index contributed by atoms with van der Waals surface area (Å²) in [6.07, 6.45) is 2.16. The van der Waals surface area contributed by atoms with Gasteiger partial charge in [0.05, 0.1) is 0 Å². The zero-order valence-corrected chi connectivity index (χ0v) is 15.5. The number of benzene rings is 2. The van der Waals surface area contributed by atoms with E-state index in [2.05, 4.69) is 41.0 Å². The molecule has 4 nitrogen and oxygen atoms in total. The summed E-state index contributed by atoms with van der Waals surface area (Å²) in [5.74, 6) is 6.89. The lowest BCUT2D eigenvalue weighted by molar-refractivity contribution is 0.0267. The van der Waals surface area contributed by atoms with Gasteiger partial charge in [-0.25, -0.2) is 4.79 Å². The molecule has 2 aliphatic rings. The van der Waals surface area contributed by atoms with Crippen LogP contribution in [-0.4, -0.2) is 48.1 Å². The van der Waals surface area contributed by atoms with Crippen LogP contribution in [0.1, 0.15) is 35.4 Å². The van der Waals surface area contributed by atoms with Crippen molar-refractivity contribution >= 4 is 6.03 Å². The number of primary amides is 1. The van der Waals surface area contributed by atoms with E-state index in [9.17, 15) is 4.79 Å². The number of amides is 2. The summed E-state index contributed by atoms with van der Waals surface area (Å²) in [7, 11) is 0. The monoisotopic (exact) mass is 359 g/mol. The summed E-state index contributed by atoms with van der Waals surface area (Å²) in [6, 6.07) is 18.7. The van der Waals surface area contributed by atoms with Gasteiger partial charge in [0, 0.05) is 42.7 Å². The average Bonchev–Trinajstić information content (AvgIpc) is 2.67. The van der Waals surface area contributed by atoms with Gasteiger partial charge in [-0.15, -0.1) is 0 Å². The highest BCUT2D eigenvalue weighted by Crippen LogP contribution is 2.35. The van der Waals surface area contributed by atoms with Crippen LogP contribution in [0.25, 0.3) is 0 Å². The topological polar surface area (TPSA) is 49.6 Å². The second-order valence-electron chi connectivity index (χ2n) is 7.40. The van der Waals surface area contributed by atoms with Crippen LogP contribution in [0, 0.1) is 11.8 Å². The van der Waals surface area contributed by atoms with Crippen molar-refractivity contribution < 1.29 is 4.79 Å². The third-order valence-electron chi connectivity index (χ3n) is 5.67. The van der Waals surface area contributed by atoms with Gasteiger partial charge in [0.25, 0.3) is 0 Å². The van der Waals surface area contributed by atoms with Gasteiger partial charge in [0.2, 0.25) is 0 Å². The number of hydrogen-bond acceptors (Lipinski definition) is 2. The first-order valence-electron chi connectivity index (χ1n) is 9.66. The highest BCUT2D eigenvalue weighted by Gasteiger charge is 2.41. The summed E-state index contributed by atoms with van der Waals surface area (Å²) < 4.78 is 0. The van der Waals surface area contributed by atoms with E-state index in [0.717, 1.165) is 50.1 Å². The number of carbonyl (C=O) groups excluding carboxylic acids is 1. The number of nitrogens with zero attached hydrogens (tertiary/aromatic N) is 2. The zero-order chi connectivity index (χ0) is 18.6. The predicted octanol–water partition coefficient (Wildman–Crippen LogP) is 3.03. The van der Waals surface area contributed by atoms with Crippen LogP contribution in [0.4, 0.5) is 4.79 Å². The maximum Gasteiger partial charge on any atom is 0.314 e. The SMILES string of the molecule is NC(=O)N1CCCCN2CC(c3ccc(C#Cc4ccccc4)cc3)C2C1. The zero-order valence-electron chi connectivity index (χ0n) is 15.5. The van der Waals surface area contributed by atoms with Crippen molar-refractivity contribution in [2.45, 2.75) is 24.8 Å². The molecule has 0 bridgehead atoms. The molecule has 0 radical (unpaired) electrons. The third-order valence-corrected chi connectivity index (χ3v) is 5.67. The van der Waals surface area contributed by atoms with E-state index in [1.807, 2.05) is 35.2 Å². The summed E-state index contributed by atoms with van der Waals surface area (Å²) >= 11 is 0. The van der Waals surface area contributed by atoms with Crippen LogP contribution < -0.4 is 5.73 Å². The molecule has 138 valence electrons. The van der Waals surface area contributed by atoms with Gasteiger partial charge >= 0.3 is 6.03 Å². The van der Waals surface area contributed by atoms with Crippen molar-refractivity contribution in [2.75, 3.05) is 26.2 Å². The first-order chi connectivity index (χ1) is 13.2. The van der Waals surface area contributed by atoms with Crippen LogP contribution >= 0.6 is 0 Å². The lowest BCUT2D eigenvalue weighted by Crippen LogP contribution is -2.61. The van der Waals surface area contributed by atoms with Gasteiger partial charge in [0.1, 0.15) is 0 Å². The van der Waals surface area contributed by atoms with Crippen molar-refractivity contribution in [3.05, 3.63) is 71.3 Å². The van der Waals surface area contributed by atoms with Crippen LogP contribution in [0.3, 0.4) is 0 Å². The molecule has 4 rings (SSSR count). The number of nitrogens with two attached hydrogens (primary N) is 1. The Morgan fingerprint density at radius 2 is 1.56 bits per heavy atom. The number of carbonyl (C=O) groups is 1. The van der Waals surface area contributed by atoms with Crippen molar-refractivity contribution in [3.63, 3.8) is 0 Å². The van der Waals surface area contributed by atoms with Gasteiger partial charge < -0.3 is 10.6 Å². The molecule has 0 saturated carbocycles. The quantitative estimate of drug-likeness (QED) is 0.796. The molecule has 2 saturated heterocycles. The second-order valence-corrected chi connectivity index (χ2v) is 7.40. The summed E-state index contributed by atoms with van der Waals surface area (Å²) in [6.45, 7) is 3.69. The predicted molar refractivity (Wildman–Crippen MR) is 107 cm³/mol. The summed E-state index contributed by atoms with van der Waals surface area (Å²) in [5.41, 5.74) is 8.93. The largest absolute Gasteiger partial charge is 0.351 e. The fraction of sp³-hybridized carbons (Fsp3) is 0.348. The number of rotatable bonds is 1. The third kappa shape index (κ3) is 3.99. The maximum atomic E-state index is 11.7. The molecule has 2 fully saturated rings. The van der Waals surface area contributed by atoms with E-state index >= 15 is 0 Å². The highest BCUT2D eigenvalue weighted by atomic mass is 16.2. The normalized spacial score (nSPS) is 22.4. The Kier molecular flexibility index (Phi) is 5.13. The molecule has 2 atom stereocenters. The molecule has 27 heavy (non-hydrogen) atoms. The standard InChI is InChI=1S/C23H25N3O/c24-23(27)26-15-5-4-14-25-16-21(22(25)17-26)20-12-10-19(11-13-20)9-8-18-6-2-1-3-7-18/h1-3,6-7,10-13,21-22H,4-5,14-17H2,(H2,24,27). The summed E-state index contributed by atoms with van der Waals surface area (Å²) in [4.78, 5) is 16.0. The van der Waals surface area contributed by atoms with Crippen molar-refractivity contribution in [3.8, 4) is 11.8 Å². The van der Waals surface area contributed by atoms with Crippen molar-refractivity contribution in [2.24, 2.45) is 5.73 Å². The molecule has 2 heterocycles. The highest BCUT2D eigenvalue weighted by molar-refractivity contribution is 5.72. The van der Waals surface area contributed by atoms with Gasteiger partial charge in [-0.3, -0.25) is 4.90 Å². The van der Waals surface area contributed by atoms with Crippen LogP contribution in [0.5, 0.6) is 0 Å². The first-order valence-corrected chi connectivity index (χ1v) is 9.66. The molecule has 0 aliphatic carbocycles. The van der Waals surface area contributed by atoms with Crippen LogP contribution in [0.2, 0.25) is 0 Å². The second kappa shape index (κ2) is 7.85. The molecule has 2 aromatic carbocycles. The Labute approximate surface area is 161 Å². The van der Waals surface area contributed by atoms with E-state index in [1.165, 1.54) is 5.56 Å². The Morgan fingerprint density at radius 1 is 0.889 bits per heavy atom. The number of urea groups is 1. The molecule has 2 unspecified atom stereocenters. The minimum atomic E-state index is -0.297. The van der Waals surface area contributed by atoms with Crippen molar-refractivity contribution in [1.29, 1.82) is 0 Å². The summed E-state index contributed by atoms with van der Waals surface area (Å²) in [5, 5.41) is 0. The van der Waals surface area contributed by atoms with E-state index in [0.29, 0.717) is 12.0 Å². The Hall–Kier alpha value is -2.77. The Bertz CT molecular complexity index is 851. The Balaban J connectivity index is 1.46. The molecule has 2 aromatic rings. The molecular weight excluding hydrogens is 334 g/mol. The van der Waals surface area contributed by atoms with Crippen LogP contribution in [0.15, 0.2) is 54.6 Å². The van der Waals surface area contributed by atoms with E-state index < -0.39 is 0 Å². The Morgan fingerprint density at radius 3 is 2.26 bits per heavy atom. The van der Waals surface area contributed by atoms with E-state index in [1.54, 1.807) is 0 Å². The van der Waals surface area contributed by atoms with Gasteiger partial charge in [-0.2, -0.15) is 0 Å². The number of hydrogen-bond donors (Lipinski definition) is 1. The average molecular weight is 359 g/mol. The van der Waals surface area contributed by atoms with Gasteiger partial charge in [-0.05, 0) is 49.2 Å². The first kappa shape index (κ1) is 17.6.